The lowest BCUT2D eigenvalue weighted by Gasteiger charge is -1.92. The normalized spacial score (nSPS) is 10.6. The highest BCUT2D eigenvalue weighted by molar-refractivity contribution is 5.99. The summed E-state index contributed by atoms with van der Waals surface area (Å²) in [5.74, 6) is -0.196. The van der Waals surface area contributed by atoms with E-state index in [0.29, 0.717) is 0 Å². The fourth-order valence-electron chi connectivity index (χ4n) is 0.920. The van der Waals surface area contributed by atoms with Crippen LogP contribution in [0.5, 0.6) is 0 Å². The summed E-state index contributed by atoms with van der Waals surface area (Å²) in [5, 5.41) is 0. The number of ketones is 1. The topological polar surface area (TPSA) is 21.4 Å². The van der Waals surface area contributed by atoms with Gasteiger partial charge < -0.3 is 4.79 Å². The minimum absolute atomic E-state index is 0.172. The molecule has 1 aromatic carbocycles. The minimum Gasteiger partial charge on any atom is -0.308 e. The Hall–Kier alpha value is -1.88. The van der Waals surface area contributed by atoms with Crippen molar-refractivity contribution in [1.29, 1.82) is 0 Å². The van der Waals surface area contributed by atoms with Gasteiger partial charge in [-0.05, 0) is 18.6 Å². The Bertz CT molecular complexity index is 371. The van der Waals surface area contributed by atoms with Crippen molar-refractivity contribution in [1.82, 2.24) is 0 Å². The number of carbonyl (C=O) groups excluding carboxylic acids is 1. The van der Waals surface area contributed by atoms with Crippen LogP contribution in [0.1, 0.15) is 12.5 Å². The zero-order valence-electron chi connectivity index (χ0n) is 7.32. The molecule has 0 atom stereocenters. The summed E-state index contributed by atoms with van der Waals surface area (Å²) in [4.78, 5) is 14.0. The molecule has 2 nitrogen and oxygen atoms in total. The van der Waals surface area contributed by atoms with Crippen LogP contribution in [-0.4, -0.2) is 5.78 Å². The fraction of sp³-hybridized carbons (Fsp3) is 0.0909. The summed E-state index contributed by atoms with van der Waals surface area (Å²) >= 11 is 0. The lowest BCUT2D eigenvalue weighted by atomic mass is 10.2. The monoisotopic (exact) mass is 171 g/mol. The first-order valence-electron chi connectivity index (χ1n) is 3.89. The second-order valence-corrected chi connectivity index (χ2v) is 2.61. The zero-order valence-corrected chi connectivity index (χ0v) is 7.32. The van der Waals surface area contributed by atoms with E-state index < -0.39 is 0 Å². The van der Waals surface area contributed by atoms with Crippen LogP contribution >= 0.6 is 0 Å². The van der Waals surface area contributed by atoms with Crippen LogP contribution in [0.3, 0.4) is 0 Å². The van der Waals surface area contributed by atoms with E-state index in [1.807, 2.05) is 30.3 Å². The molecule has 0 aromatic heterocycles. The molecule has 2 heteroatoms. The van der Waals surface area contributed by atoms with E-state index in [1.54, 1.807) is 6.08 Å². The zero-order chi connectivity index (χ0) is 9.68. The molecule has 0 N–H and O–H groups in total. The average molecular weight is 171 g/mol. The highest BCUT2D eigenvalue weighted by atomic mass is 16.1. The highest BCUT2D eigenvalue weighted by Crippen LogP contribution is 2.07. The van der Waals surface area contributed by atoms with Gasteiger partial charge in [0.15, 0.2) is 5.78 Å². The van der Waals surface area contributed by atoms with Gasteiger partial charge >= 0.3 is 0 Å². The molecule has 0 heterocycles. The molecule has 0 saturated heterocycles. The minimum atomic E-state index is -0.196. The SMILES string of the molecule is [C-]#[N+]/C(=C/c1ccccc1)C(C)=O. The van der Waals surface area contributed by atoms with Gasteiger partial charge in [-0.3, -0.25) is 0 Å². The number of nitrogens with zero attached hydrogens (tertiary/aromatic N) is 1. The smallest absolute Gasteiger partial charge is 0.229 e. The van der Waals surface area contributed by atoms with Crippen LogP contribution in [0.25, 0.3) is 10.9 Å². The first-order valence-corrected chi connectivity index (χ1v) is 3.89. The van der Waals surface area contributed by atoms with Crippen molar-refractivity contribution >= 4 is 11.9 Å². The predicted molar refractivity (Wildman–Crippen MR) is 51.7 cm³/mol. The molecule has 0 radical (unpaired) electrons. The molecule has 1 rings (SSSR count). The van der Waals surface area contributed by atoms with Gasteiger partial charge in [-0.25, -0.2) is 4.85 Å². The molecule has 0 aliphatic carbocycles. The molecule has 0 unspecified atom stereocenters. The number of Topliss-reactive ketones (excluding diaryl/α,β-unsaturated/α-hetero) is 1. The maximum atomic E-state index is 10.9. The fourth-order valence-corrected chi connectivity index (χ4v) is 0.920. The molecule has 13 heavy (non-hydrogen) atoms. The molecular formula is C11H9NO. The number of benzene rings is 1. The standard InChI is InChI=1S/C11H9NO/c1-9(13)11(12-2)8-10-6-4-3-5-7-10/h3-8H,1H3/b11-8+. The third-order valence-corrected chi connectivity index (χ3v) is 1.58. The van der Waals surface area contributed by atoms with Gasteiger partial charge in [-0.2, -0.15) is 0 Å². The first-order chi connectivity index (χ1) is 6.24. The van der Waals surface area contributed by atoms with Crippen molar-refractivity contribution in [3.05, 3.63) is 53.0 Å². The summed E-state index contributed by atoms with van der Waals surface area (Å²) in [6.07, 6.45) is 1.59. The number of carbonyl (C=O) groups is 1. The summed E-state index contributed by atoms with van der Waals surface area (Å²) < 4.78 is 0. The van der Waals surface area contributed by atoms with Crippen molar-refractivity contribution < 1.29 is 4.79 Å². The van der Waals surface area contributed by atoms with E-state index in [2.05, 4.69) is 4.85 Å². The molecule has 0 spiro atoms. The van der Waals surface area contributed by atoms with Crippen LogP contribution in [0.15, 0.2) is 36.0 Å². The lowest BCUT2D eigenvalue weighted by molar-refractivity contribution is -0.113. The third kappa shape index (κ3) is 2.57. The van der Waals surface area contributed by atoms with Gasteiger partial charge in [0.2, 0.25) is 5.70 Å². The van der Waals surface area contributed by atoms with Crippen molar-refractivity contribution in [2.45, 2.75) is 6.92 Å². The van der Waals surface area contributed by atoms with Crippen molar-refractivity contribution in [2.24, 2.45) is 0 Å². The Morgan fingerprint density at radius 3 is 2.46 bits per heavy atom. The number of rotatable bonds is 2. The first kappa shape index (κ1) is 9.21. The van der Waals surface area contributed by atoms with E-state index in [0.717, 1.165) is 5.56 Å². The van der Waals surface area contributed by atoms with Crippen LogP contribution < -0.4 is 0 Å². The summed E-state index contributed by atoms with van der Waals surface area (Å²) in [6.45, 7) is 8.17. The summed E-state index contributed by atoms with van der Waals surface area (Å²) in [5.41, 5.74) is 1.05. The Morgan fingerprint density at radius 2 is 2.00 bits per heavy atom. The average Bonchev–Trinajstić information content (AvgIpc) is 2.15. The van der Waals surface area contributed by atoms with E-state index in [9.17, 15) is 4.79 Å². The third-order valence-electron chi connectivity index (χ3n) is 1.58. The largest absolute Gasteiger partial charge is 0.308 e. The molecule has 0 aliphatic rings. The lowest BCUT2D eigenvalue weighted by Crippen LogP contribution is -1.90. The van der Waals surface area contributed by atoms with Gasteiger partial charge in [-0.1, -0.05) is 30.3 Å². The van der Waals surface area contributed by atoms with Gasteiger partial charge in [-0.15, -0.1) is 0 Å². The van der Waals surface area contributed by atoms with E-state index in [4.69, 9.17) is 6.57 Å². The maximum Gasteiger partial charge on any atom is 0.229 e. The van der Waals surface area contributed by atoms with Crippen LogP contribution in [0.2, 0.25) is 0 Å². The van der Waals surface area contributed by atoms with Crippen LogP contribution in [-0.2, 0) is 4.79 Å². The molecule has 0 saturated carbocycles. The second-order valence-electron chi connectivity index (χ2n) is 2.61. The predicted octanol–water partition coefficient (Wildman–Crippen LogP) is 2.54. The summed E-state index contributed by atoms with van der Waals surface area (Å²) in [6, 6.07) is 9.34. The number of allylic oxidation sites excluding steroid dienone is 1. The van der Waals surface area contributed by atoms with Crippen molar-refractivity contribution in [3.63, 3.8) is 0 Å². The molecule has 0 bridgehead atoms. The van der Waals surface area contributed by atoms with Crippen molar-refractivity contribution in [3.8, 4) is 0 Å². The Balaban J connectivity index is 3.01. The molecule has 0 fully saturated rings. The van der Waals surface area contributed by atoms with Crippen molar-refractivity contribution in [2.75, 3.05) is 0 Å². The Labute approximate surface area is 77.3 Å². The van der Waals surface area contributed by atoms with Gasteiger partial charge in [0.25, 0.3) is 0 Å². The van der Waals surface area contributed by atoms with Crippen LogP contribution in [0.4, 0.5) is 0 Å². The van der Waals surface area contributed by atoms with E-state index in [-0.39, 0.29) is 11.5 Å². The Kier molecular flexibility index (Phi) is 2.99. The number of hydrogen-bond donors (Lipinski definition) is 0. The van der Waals surface area contributed by atoms with Gasteiger partial charge in [0, 0.05) is 0 Å². The summed E-state index contributed by atoms with van der Waals surface area (Å²) in [7, 11) is 0. The van der Waals surface area contributed by atoms with E-state index >= 15 is 0 Å². The molecular weight excluding hydrogens is 162 g/mol. The molecule has 0 aliphatic heterocycles. The van der Waals surface area contributed by atoms with Gasteiger partial charge in [0.1, 0.15) is 0 Å². The molecule has 64 valence electrons. The quantitative estimate of drug-likeness (QED) is 0.495. The molecule has 0 amide bonds. The maximum absolute atomic E-state index is 10.9. The van der Waals surface area contributed by atoms with Gasteiger partial charge in [0.05, 0.1) is 6.57 Å². The number of hydrogen-bond acceptors (Lipinski definition) is 1. The highest BCUT2D eigenvalue weighted by Gasteiger charge is 2.01. The second kappa shape index (κ2) is 4.22. The van der Waals surface area contributed by atoms with Crippen LogP contribution in [0, 0.1) is 6.57 Å². The molecule has 1 aromatic rings. The Morgan fingerprint density at radius 1 is 1.38 bits per heavy atom. The van der Waals surface area contributed by atoms with E-state index in [1.165, 1.54) is 6.92 Å².